The molecule has 0 aromatic rings. The van der Waals surface area contributed by atoms with E-state index in [0.29, 0.717) is 6.42 Å². The van der Waals surface area contributed by atoms with Gasteiger partial charge < -0.3 is 0 Å². The number of unbranched alkanes of at least 4 members (excludes halogenated alkanes) is 3. The van der Waals surface area contributed by atoms with Gasteiger partial charge in [-0.25, -0.2) is 0 Å². The topological polar surface area (TPSA) is 17.1 Å². The summed E-state index contributed by atoms with van der Waals surface area (Å²) in [6.45, 7) is 4.26. The average Bonchev–Trinajstić information content (AvgIpc) is 2.20. The minimum absolute atomic E-state index is 0.426. The normalized spacial score (nSPS) is 12.3. The van der Waals surface area contributed by atoms with Crippen molar-refractivity contribution >= 4 is 6.29 Å². The molecule has 0 saturated carbocycles. The van der Waals surface area contributed by atoms with Crippen LogP contribution in [0, 0.1) is 0 Å². The summed E-state index contributed by atoms with van der Waals surface area (Å²) in [5, 5.41) is 0. The molecule has 0 aliphatic heterocycles. The Morgan fingerprint density at radius 2 is 2.07 bits per heavy atom. The predicted octanol–water partition coefficient (Wildman–Crippen LogP) is 3.96. The van der Waals surface area contributed by atoms with E-state index in [4.69, 9.17) is 0 Å². The molecule has 0 saturated heterocycles. The van der Waals surface area contributed by atoms with Crippen molar-refractivity contribution in [2.45, 2.75) is 52.4 Å². The minimum atomic E-state index is 0.426. The van der Waals surface area contributed by atoms with Gasteiger partial charge in [0.2, 0.25) is 6.29 Å². The third-order valence-electron chi connectivity index (χ3n) is 2.11. The van der Waals surface area contributed by atoms with Gasteiger partial charge in [-0.05, 0) is 26.2 Å². The molecular weight excluding hydrogens is 172 g/mol. The summed E-state index contributed by atoms with van der Waals surface area (Å²) in [6, 6.07) is 0. The Morgan fingerprint density at radius 1 is 1.29 bits per heavy atom. The summed E-state index contributed by atoms with van der Waals surface area (Å²) in [7, 11) is 0. The van der Waals surface area contributed by atoms with Crippen LogP contribution in [-0.4, -0.2) is 6.29 Å². The molecule has 0 bridgehead atoms. The summed E-state index contributed by atoms with van der Waals surface area (Å²) < 4.78 is 0. The monoisotopic (exact) mass is 193 g/mol. The van der Waals surface area contributed by atoms with Crippen LogP contribution in [0.15, 0.2) is 23.8 Å². The first-order valence-corrected chi connectivity index (χ1v) is 5.47. The van der Waals surface area contributed by atoms with E-state index < -0.39 is 0 Å². The standard InChI is InChI=1S/C13H21O/c1-3-4-5-6-7-8-10-13(2)11-9-12-14/h7-8,11H,3-6,9-10H2,1-2H3. The molecule has 0 unspecified atom stereocenters. The number of allylic oxidation sites excluding steroid dienone is 4. The van der Waals surface area contributed by atoms with Crippen molar-refractivity contribution < 1.29 is 4.79 Å². The molecule has 0 aliphatic rings. The Kier molecular flexibility index (Phi) is 9.61. The number of rotatable bonds is 8. The van der Waals surface area contributed by atoms with Crippen LogP contribution in [0.2, 0.25) is 0 Å². The molecular formula is C13H21O. The number of carbonyl (C=O) groups excluding carboxylic acids is 1. The van der Waals surface area contributed by atoms with Gasteiger partial charge in [0, 0.05) is 6.42 Å². The zero-order valence-corrected chi connectivity index (χ0v) is 9.38. The van der Waals surface area contributed by atoms with Gasteiger partial charge in [-0.15, -0.1) is 0 Å². The Labute approximate surface area is 87.9 Å². The third kappa shape index (κ3) is 9.24. The molecule has 1 nitrogen and oxygen atoms in total. The van der Waals surface area contributed by atoms with Crippen molar-refractivity contribution in [3.8, 4) is 0 Å². The van der Waals surface area contributed by atoms with E-state index in [9.17, 15) is 4.79 Å². The van der Waals surface area contributed by atoms with Crippen molar-refractivity contribution in [3.05, 3.63) is 23.8 Å². The first-order valence-electron chi connectivity index (χ1n) is 5.47. The van der Waals surface area contributed by atoms with Gasteiger partial charge in [0.05, 0.1) is 0 Å². The minimum Gasteiger partial charge on any atom is -0.291 e. The van der Waals surface area contributed by atoms with Crippen LogP contribution >= 0.6 is 0 Å². The van der Waals surface area contributed by atoms with Crippen LogP contribution < -0.4 is 0 Å². The highest BCUT2D eigenvalue weighted by molar-refractivity contribution is 5.53. The lowest BCUT2D eigenvalue weighted by atomic mass is 10.1. The maximum Gasteiger partial charge on any atom is 0.202 e. The van der Waals surface area contributed by atoms with Gasteiger partial charge in [0.25, 0.3) is 0 Å². The summed E-state index contributed by atoms with van der Waals surface area (Å²) in [5.74, 6) is 0. The van der Waals surface area contributed by atoms with Crippen molar-refractivity contribution in [1.82, 2.24) is 0 Å². The fraction of sp³-hybridized carbons (Fsp3) is 0.615. The zero-order chi connectivity index (χ0) is 10.6. The highest BCUT2D eigenvalue weighted by Crippen LogP contribution is 2.04. The van der Waals surface area contributed by atoms with E-state index in [1.807, 2.05) is 19.3 Å². The second kappa shape index (κ2) is 10.2. The van der Waals surface area contributed by atoms with E-state index in [2.05, 4.69) is 19.1 Å². The molecule has 0 fully saturated rings. The van der Waals surface area contributed by atoms with Gasteiger partial charge in [0.1, 0.15) is 0 Å². The van der Waals surface area contributed by atoms with Crippen molar-refractivity contribution in [2.75, 3.05) is 0 Å². The molecule has 0 aliphatic carbocycles. The lowest BCUT2D eigenvalue weighted by Gasteiger charge is -1.94. The van der Waals surface area contributed by atoms with Gasteiger partial charge >= 0.3 is 0 Å². The maximum atomic E-state index is 9.97. The average molecular weight is 193 g/mol. The number of hydrogen-bond acceptors (Lipinski definition) is 1. The summed E-state index contributed by atoms with van der Waals surface area (Å²) in [6.07, 6.45) is 14.7. The van der Waals surface area contributed by atoms with E-state index >= 15 is 0 Å². The molecule has 0 spiro atoms. The van der Waals surface area contributed by atoms with Crippen molar-refractivity contribution in [2.24, 2.45) is 0 Å². The smallest absolute Gasteiger partial charge is 0.202 e. The fourth-order valence-corrected chi connectivity index (χ4v) is 1.20. The lowest BCUT2D eigenvalue weighted by Crippen LogP contribution is -1.76. The molecule has 0 atom stereocenters. The Morgan fingerprint density at radius 3 is 2.71 bits per heavy atom. The molecule has 79 valence electrons. The summed E-state index contributed by atoms with van der Waals surface area (Å²) >= 11 is 0. The van der Waals surface area contributed by atoms with Crippen LogP contribution in [0.25, 0.3) is 0 Å². The Bertz CT molecular complexity index is 189. The molecule has 0 aromatic heterocycles. The van der Waals surface area contributed by atoms with Crippen molar-refractivity contribution in [3.63, 3.8) is 0 Å². The van der Waals surface area contributed by atoms with Crippen LogP contribution in [0.1, 0.15) is 52.4 Å². The van der Waals surface area contributed by atoms with Gasteiger partial charge in [-0.3, -0.25) is 4.79 Å². The highest BCUT2D eigenvalue weighted by atomic mass is 16.1. The first-order chi connectivity index (χ1) is 6.81. The van der Waals surface area contributed by atoms with E-state index in [1.165, 1.54) is 31.3 Å². The van der Waals surface area contributed by atoms with E-state index in [-0.39, 0.29) is 0 Å². The van der Waals surface area contributed by atoms with Crippen LogP contribution in [0.5, 0.6) is 0 Å². The van der Waals surface area contributed by atoms with E-state index in [0.717, 1.165) is 6.42 Å². The molecule has 0 amide bonds. The van der Waals surface area contributed by atoms with Gasteiger partial charge in [-0.1, -0.05) is 43.6 Å². The first kappa shape index (κ1) is 13.2. The zero-order valence-electron chi connectivity index (χ0n) is 9.38. The molecule has 1 radical (unpaired) electrons. The van der Waals surface area contributed by atoms with E-state index in [1.54, 1.807) is 0 Å². The van der Waals surface area contributed by atoms with Crippen LogP contribution in [0.4, 0.5) is 0 Å². The van der Waals surface area contributed by atoms with Gasteiger partial charge in [0.15, 0.2) is 0 Å². The molecule has 1 heteroatoms. The number of hydrogen-bond donors (Lipinski definition) is 0. The Balaban J connectivity index is 3.45. The summed E-state index contributed by atoms with van der Waals surface area (Å²) in [5.41, 5.74) is 1.25. The van der Waals surface area contributed by atoms with Crippen LogP contribution in [-0.2, 0) is 4.79 Å². The van der Waals surface area contributed by atoms with Gasteiger partial charge in [-0.2, -0.15) is 0 Å². The Hall–Kier alpha value is -0.850. The lowest BCUT2D eigenvalue weighted by molar-refractivity contribution is 0.556. The maximum absolute atomic E-state index is 9.97. The summed E-state index contributed by atoms with van der Waals surface area (Å²) in [4.78, 5) is 9.97. The molecule has 14 heavy (non-hydrogen) atoms. The second-order valence-electron chi connectivity index (χ2n) is 3.57. The molecule has 0 heterocycles. The van der Waals surface area contributed by atoms with Crippen molar-refractivity contribution in [1.29, 1.82) is 0 Å². The fourth-order valence-electron chi connectivity index (χ4n) is 1.20. The highest BCUT2D eigenvalue weighted by Gasteiger charge is 1.85. The quantitative estimate of drug-likeness (QED) is 0.421. The predicted molar refractivity (Wildman–Crippen MR) is 62.0 cm³/mol. The molecule has 0 rings (SSSR count). The molecule has 0 aromatic carbocycles. The SMILES string of the molecule is CCCCCC=CCC(C)=CC[C]=O. The third-order valence-corrected chi connectivity index (χ3v) is 2.11. The second-order valence-corrected chi connectivity index (χ2v) is 3.57. The van der Waals surface area contributed by atoms with Crippen LogP contribution in [0.3, 0.4) is 0 Å². The molecule has 0 N–H and O–H groups in total. The largest absolute Gasteiger partial charge is 0.291 e.